The number of fused-ring (bicyclic) bond motifs is 3. The van der Waals surface area contributed by atoms with Crippen molar-refractivity contribution in [1.29, 1.82) is 0 Å². The summed E-state index contributed by atoms with van der Waals surface area (Å²) in [6, 6.07) is 21.8. The fourth-order valence-corrected chi connectivity index (χ4v) is 3.75. The van der Waals surface area contributed by atoms with Crippen molar-refractivity contribution in [3.05, 3.63) is 71.2 Å². The lowest BCUT2D eigenvalue weighted by Gasteiger charge is -2.15. The first-order chi connectivity index (χ1) is 13.6. The van der Waals surface area contributed by atoms with E-state index in [4.69, 9.17) is 4.74 Å². The van der Waals surface area contributed by atoms with Gasteiger partial charge in [0.05, 0.1) is 0 Å². The number of hydrogen-bond acceptors (Lipinski definition) is 2. The lowest BCUT2D eigenvalue weighted by molar-refractivity contribution is -0.122. The Morgan fingerprint density at radius 3 is 2.50 bits per heavy atom. The predicted molar refractivity (Wildman–Crippen MR) is 118 cm³/mol. The fraction of sp³-hybridized carbons (Fsp3) is 0.174. The largest absolute Gasteiger partial charge is 0.481 e. The molecule has 4 nitrogen and oxygen atoms in total. The van der Waals surface area contributed by atoms with Crippen LogP contribution in [-0.2, 0) is 11.3 Å². The molecule has 1 unspecified atom stereocenters. The van der Waals surface area contributed by atoms with Gasteiger partial charge in [-0.05, 0) is 62.4 Å². The zero-order valence-corrected chi connectivity index (χ0v) is 17.4. The number of benzene rings is 3. The van der Waals surface area contributed by atoms with Crippen LogP contribution >= 0.6 is 15.9 Å². The maximum Gasteiger partial charge on any atom is 0.265 e. The molecule has 0 aliphatic carbocycles. The first-order valence-electron chi connectivity index (χ1n) is 9.31. The molecule has 0 spiro atoms. The summed E-state index contributed by atoms with van der Waals surface area (Å²) in [5.41, 5.74) is 3.14. The van der Waals surface area contributed by atoms with Crippen molar-refractivity contribution in [1.82, 2.24) is 4.57 Å². The van der Waals surface area contributed by atoms with E-state index < -0.39 is 6.10 Å². The molecule has 0 saturated carbocycles. The van der Waals surface area contributed by atoms with Crippen molar-refractivity contribution in [2.24, 2.45) is 0 Å². The van der Waals surface area contributed by atoms with Crippen LogP contribution in [0.25, 0.3) is 21.8 Å². The van der Waals surface area contributed by atoms with Crippen LogP contribution in [0.3, 0.4) is 0 Å². The number of carbonyl (C=O) groups excluding carboxylic acids is 1. The van der Waals surface area contributed by atoms with Crippen molar-refractivity contribution in [2.75, 3.05) is 5.32 Å². The second-order valence-electron chi connectivity index (χ2n) is 6.70. The molecule has 0 saturated heterocycles. The molecule has 142 valence electrons. The van der Waals surface area contributed by atoms with E-state index in [1.165, 1.54) is 16.4 Å². The Morgan fingerprint density at radius 1 is 1.04 bits per heavy atom. The summed E-state index contributed by atoms with van der Waals surface area (Å²) in [4.78, 5) is 12.6. The Morgan fingerprint density at radius 2 is 1.75 bits per heavy atom. The van der Waals surface area contributed by atoms with Crippen molar-refractivity contribution in [2.45, 2.75) is 26.5 Å². The number of nitrogens with zero attached hydrogens (tertiary/aromatic N) is 1. The highest BCUT2D eigenvalue weighted by Gasteiger charge is 2.16. The van der Waals surface area contributed by atoms with E-state index in [0.717, 1.165) is 22.1 Å². The Kier molecular flexibility index (Phi) is 5.09. The summed E-state index contributed by atoms with van der Waals surface area (Å²) in [6.45, 7) is 4.79. The highest BCUT2D eigenvalue weighted by Crippen LogP contribution is 2.31. The second-order valence-corrected chi connectivity index (χ2v) is 7.61. The number of carbonyl (C=O) groups is 1. The van der Waals surface area contributed by atoms with Gasteiger partial charge in [0, 0.05) is 38.5 Å². The van der Waals surface area contributed by atoms with E-state index >= 15 is 0 Å². The van der Waals surface area contributed by atoms with Gasteiger partial charge >= 0.3 is 0 Å². The highest BCUT2D eigenvalue weighted by atomic mass is 79.9. The molecule has 3 aromatic carbocycles. The van der Waals surface area contributed by atoms with Gasteiger partial charge < -0.3 is 14.6 Å². The van der Waals surface area contributed by atoms with E-state index in [9.17, 15) is 4.79 Å². The summed E-state index contributed by atoms with van der Waals surface area (Å²) < 4.78 is 9.00. The average Bonchev–Trinajstić information content (AvgIpc) is 3.02. The summed E-state index contributed by atoms with van der Waals surface area (Å²) in [5.74, 6) is 0.480. The third-order valence-electron chi connectivity index (χ3n) is 4.85. The molecule has 5 heteroatoms. The number of ether oxygens (including phenoxy) is 1. The molecule has 1 atom stereocenters. The smallest absolute Gasteiger partial charge is 0.265 e. The van der Waals surface area contributed by atoms with Crippen molar-refractivity contribution in [3.8, 4) is 5.75 Å². The van der Waals surface area contributed by atoms with Crippen molar-refractivity contribution < 1.29 is 9.53 Å². The molecule has 4 rings (SSSR count). The highest BCUT2D eigenvalue weighted by molar-refractivity contribution is 9.10. The quantitative estimate of drug-likeness (QED) is 0.417. The van der Waals surface area contributed by atoms with Gasteiger partial charge in [0.2, 0.25) is 0 Å². The summed E-state index contributed by atoms with van der Waals surface area (Å²) in [5, 5.41) is 5.30. The molecule has 0 fully saturated rings. The number of para-hydroxylation sites is 1. The molecule has 0 aliphatic rings. The van der Waals surface area contributed by atoms with Gasteiger partial charge in [-0.25, -0.2) is 0 Å². The normalized spacial score (nSPS) is 12.2. The fourth-order valence-electron chi connectivity index (χ4n) is 3.49. The van der Waals surface area contributed by atoms with E-state index in [2.05, 4.69) is 57.0 Å². The van der Waals surface area contributed by atoms with Crippen LogP contribution in [0.2, 0.25) is 0 Å². The molecule has 0 aliphatic heterocycles. The topological polar surface area (TPSA) is 43.3 Å². The molecule has 1 aromatic heterocycles. The van der Waals surface area contributed by atoms with Crippen molar-refractivity contribution >= 4 is 49.3 Å². The van der Waals surface area contributed by atoms with Crippen LogP contribution in [0.4, 0.5) is 5.69 Å². The van der Waals surface area contributed by atoms with Crippen LogP contribution < -0.4 is 10.1 Å². The first-order valence-corrected chi connectivity index (χ1v) is 10.1. The van der Waals surface area contributed by atoms with Crippen LogP contribution in [0.15, 0.2) is 71.2 Å². The summed E-state index contributed by atoms with van der Waals surface area (Å²) >= 11 is 3.39. The minimum Gasteiger partial charge on any atom is -0.481 e. The maximum atomic E-state index is 12.6. The van der Waals surface area contributed by atoms with Gasteiger partial charge in [-0.3, -0.25) is 4.79 Å². The van der Waals surface area contributed by atoms with Crippen LogP contribution in [0, 0.1) is 0 Å². The molecular formula is C23H21BrN2O2. The van der Waals surface area contributed by atoms with E-state index in [0.29, 0.717) is 5.75 Å². The molecule has 1 N–H and O–H groups in total. The van der Waals surface area contributed by atoms with Gasteiger partial charge in [-0.15, -0.1) is 0 Å². The number of rotatable bonds is 5. The number of hydrogen-bond donors (Lipinski definition) is 1. The Hall–Kier alpha value is -2.79. The number of aromatic nitrogens is 1. The number of anilines is 1. The lowest BCUT2D eigenvalue weighted by Crippen LogP contribution is -2.30. The molecule has 28 heavy (non-hydrogen) atoms. The van der Waals surface area contributed by atoms with Crippen molar-refractivity contribution in [3.63, 3.8) is 0 Å². The molecule has 0 radical (unpaired) electrons. The van der Waals surface area contributed by atoms with Gasteiger partial charge in [-0.1, -0.05) is 34.1 Å². The predicted octanol–water partition coefficient (Wildman–Crippen LogP) is 5.98. The zero-order chi connectivity index (χ0) is 19.7. The molecular weight excluding hydrogens is 416 g/mol. The first kappa shape index (κ1) is 18.6. The lowest BCUT2D eigenvalue weighted by atomic mass is 10.1. The summed E-state index contributed by atoms with van der Waals surface area (Å²) in [6.07, 6.45) is -0.603. The SMILES string of the molecule is CCn1c2ccccc2c2cc(NC(=O)C(C)Oc3ccc(Br)cc3)ccc21. The Bertz CT molecular complexity index is 1150. The van der Waals surface area contributed by atoms with Crippen LogP contribution in [0.5, 0.6) is 5.75 Å². The van der Waals surface area contributed by atoms with Gasteiger partial charge in [-0.2, -0.15) is 0 Å². The third-order valence-corrected chi connectivity index (χ3v) is 5.38. The average molecular weight is 437 g/mol. The molecule has 1 heterocycles. The Labute approximate surface area is 172 Å². The number of amides is 1. The van der Waals surface area contributed by atoms with Gasteiger partial charge in [0.1, 0.15) is 5.75 Å². The minimum absolute atomic E-state index is 0.179. The van der Waals surface area contributed by atoms with Gasteiger partial charge in [0.15, 0.2) is 6.10 Å². The minimum atomic E-state index is -0.603. The monoisotopic (exact) mass is 436 g/mol. The van der Waals surface area contributed by atoms with Crippen LogP contribution in [0.1, 0.15) is 13.8 Å². The summed E-state index contributed by atoms with van der Waals surface area (Å²) in [7, 11) is 0. The third kappa shape index (κ3) is 3.50. The van der Waals surface area contributed by atoms with E-state index in [-0.39, 0.29) is 5.91 Å². The Balaban J connectivity index is 1.58. The number of halogens is 1. The standard InChI is InChI=1S/C23H21BrN2O2/c1-3-26-21-7-5-4-6-19(21)20-14-17(10-13-22(20)26)25-23(27)15(2)28-18-11-8-16(24)9-12-18/h4-15H,3H2,1-2H3,(H,25,27). The molecule has 0 bridgehead atoms. The van der Waals surface area contributed by atoms with Gasteiger partial charge in [0.25, 0.3) is 5.91 Å². The molecule has 4 aromatic rings. The van der Waals surface area contributed by atoms with Crippen LogP contribution in [-0.4, -0.2) is 16.6 Å². The van der Waals surface area contributed by atoms with E-state index in [1.54, 1.807) is 6.92 Å². The second kappa shape index (κ2) is 7.68. The zero-order valence-electron chi connectivity index (χ0n) is 15.8. The maximum absolute atomic E-state index is 12.6. The number of aryl methyl sites for hydroxylation is 1. The number of nitrogens with one attached hydrogen (secondary N) is 1. The van der Waals surface area contributed by atoms with E-state index in [1.807, 2.05) is 42.5 Å². The molecule has 1 amide bonds.